The zero-order valence-electron chi connectivity index (χ0n) is 12.8. The lowest BCUT2D eigenvalue weighted by Crippen LogP contribution is -2.42. The van der Waals surface area contributed by atoms with Gasteiger partial charge in [-0.3, -0.25) is 9.59 Å². The number of esters is 1. The first-order chi connectivity index (χ1) is 11.1. The molecule has 122 valence electrons. The maximum absolute atomic E-state index is 12.3. The van der Waals surface area contributed by atoms with Crippen LogP contribution in [0.2, 0.25) is 0 Å². The van der Waals surface area contributed by atoms with E-state index >= 15 is 0 Å². The van der Waals surface area contributed by atoms with Crippen LogP contribution in [0.4, 0.5) is 0 Å². The summed E-state index contributed by atoms with van der Waals surface area (Å²) in [5.74, 6) is -0.603. The number of carbonyl (C=O) groups is 2. The topological polar surface area (TPSA) is 85.6 Å². The fraction of sp³-hybridized carbons (Fsp3) is 0.312. The molecule has 0 saturated heterocycles. The summed E-state index contributed by atoms with van der Waals surface area (Å²) in [7, 11) is 1.26. The smallest absolute Gasteiger partial charge is 0.328 e. The molecule has 0 radical (unpaired) electrons. The molecule has 0 bridgehead atoms. The molecule has 0 fully saturated rings. The minimum atomic E-state index is -0.781. The second-order valence-electron chi connectivity index (χ2n) is 4.80. The molecule has 1 unspecified atom stereocenters. The third-order valence-corrected chi connectivity index (χ3v) is 3.90. The standard InChI is InChI=1S/C16H17NO5S/c1-21-16(20)11(7-8-23-2)17-15(19)14-9-12(18)10-5-3-4-6-13(10)22-14/h3-6,9,11H,7-8H2,1-2H3,(H,17,19). The summed E-state index contributed by atoms with van der Waals surface area (Å²) in [6, 6.07) is 7.01. The van der Waals surface area contributed by atoms with E-state index in [2.05, 4.69) is 10.1 Å². The molecule has 1 aromatic carbocycles. The fourth-order valence-corrected chi connectivity index (χ4v) is 2.54. The van der Waals surface area contributed by atoms with Crippen LogP contribution in [0.25, 0.3) is 11.0 Å². The highest BCUT2D eigenvalue weighted by Crippen LogP contribution is 2.12. The van der Waals surface area contributed by atoms with Crippen molar-refractivity contribution < 1.29 is 18.7 Å². The molecule has 0 spiro atoms. The molecule has 1 atom stereocenters. The molecule has 1 N–H and O–H groups in total. The lowest BCUT2D eigenvalue weighted by atomic mass is 10.2. The Morgan fingerprint density at radius 3 is 2.78 bits per heavy atom. The molecule has 1 heterocycles. The van der Waals surface area contributed by atoms with Gasteiger partial charge in [0.15, 0.2) is 11.2 Å². The quantitative estimate of drug-likeness (QED) is 0.811. The van der Waals surface area contributed by atoms with E-state index < -0.39 is 17.9 Å². The van der Waals surface area contributed by atoms with Gasteiger partial charge in [0.25, 0.3) is 5.91 Å². The van der Waals surface area contributed by atoms with Crippen molar-refractivity contribution in [1.29, 1.82) is 0 Å². The van der Waals surface area contributed by atoms with Gasteiger partial charge < -0.3 is 14.5 Å². The molecule has 2 aromatic rings. The van der Waals surface area contributed by atoms with Crippen molar-refractivity contribution in [1.82, 2.24) is 5.32 Å². The average Bonchev–Trinajstić information content (AvgIpc) is 2.57. The van der Waals surface area contributed by atoms with Crippen LogP contribution in [0.3, 0.4) is 0 Å². The molecule has 1 aromatic heterocycles. The van der Waals surface area contributed by atoms with Gasteiger partial charge in [0.1, 0.15) is 11.6 Å². The Bertz CT molecular complexity index is 770. The van der Waals surface area contributed by atoms with Crippen LogP contribution in [0.5, 0.6) is 0 Å². The van der Waals surface area contributed by atoms with Crippen LogP contribution in [-0.4, -0.2) is 37.0 Å². The number of fused-ring (bicyclic) bond motifs is 1. The Morgan fingerprint density at radius 2 is 2.09 bits per heavy atom. The summed E-state index contributed by atoms with van der Waals surface area (Å²) in [6.45, 7) is 0. The van der Waals surface area contributed by atoms with E-state index in [1.807, 2.05) is 6.26 Å². The zero-order valence-corrected chi connectivity index (χ0v) is 13.6. The van der Waals surface area contributed by atoms with E-state index in [9.17, 15) is 14.4 Å². The van der Waals surface area contributed by atoms with Gasteiger partial charge in [-0.2, -0.15) is 11.8 Å². The summed E-state index contributed by atoms with van der Waals surface area (Å²) in [4.78, 5) is 36.0. The second-order valence-corrected chi connectivity index (χ2v) is 5.79. The van der Waals surface area contributed by atoms with Crippen molar-refractivity contribution in [3.63, 3.8) is 0 Å². The normalized spacial score (nSPS) is 11.9. The third-order valence-electron chi connectivity index (χ3n) is 3.26. The number of hydrogen-bond acceptors (Lipinski definition) is 6. The zero-order chi connectivity index (χ0) is 16.8. The first kappa shape index (κ1) is 17.1. The number of rotatable bonds is 6. The van der Waals surface area contributed by atoms with Gasteiger partial charge in [0, 0.05) is 6.07 Å². The molecule has 6 nitrogen and oxygen atoms in total. The van der Waals surface area contributed by atoms with Crippen LogP contribution in [0.1, 0.15) is 17.0 Å². The first-order valence-electron chi connectivity index (χ1n) is 6.97. The van der Waals surface area contributed by atoms with Crippen LogP contribution in [0.15, 0.2) is 39.5 Å². The first-order valence-corrected chi connectivity index (χ1v) is 8.36. The van der Waals surface area contributed by atoms with Gasteiger partial charge in [-0.25, -0.2) is 4.79 Å². The van der Waals surface area contributed by atoms with E-state index in [-0.39, 0.29) is 11.2 Å². The van der Waals surface area contributed by atoms with Gasteiger partial charge in [0.2, 0.25) is 0 Å². The number of carbonyl (C=O) groups excluding carboxylic acids is 2. The van der Waals surface area contributed by atoms with Crippen LogP contribution in [0, 0.1) is 0 Å². The van der Waals surface area contributed by atoms with Crippen molar-refractivity contribution in [2.45, 2.75) is 12.5 Å². The Hall–Kier alpha value is -2.28. The number of hydrogen-bond donors (Lipinski definition) is 1. The maximum Gasteiger partial charge on any atom is 0.328 e. The molecule has 0 aliphatic heterocycles. The number of ether oxygens (including phenoxy) is 1. The van der Waals surface area contributed by atoms with E-state index in [0.717, 1.165) is 6.07 Å². The predicted molar refractivity (Wildman–Crippen MR) is 88.8 cm³/mol. The van der Waals surface area contributed by atoms with Crippen molar-refractivity contribution >= 4 is 34.6 Å². The molecule has 2 rings (SSSR count). The summed E-state index contributed by atoms with van der Waals surface area (Å²) in [5.41, 5.74) is 0.0135. The third kappa shape index (κ3) is 4.13. The van der Waals surface area contributed by atoms with Crippen molar-refractivity contribution in [3.8, 4) is 0 Å². The maximum atomic E-state index is 12.3. The Balaban J connectivity index is 2.25. The number of methoxy groups -OCH3 is 1. The summed E-state index contributed by atoms with van der Waals surface area (Å²) < 4.78 is 10.1. The van der Waals surface area contributed by atoms with Crippen LogP contribution < -0.4 is 10.7 Å². The van der Waals surface area contributed by atoms with E-state index in [1.165, 1.54) is 7.11 Å². The van der Waals surface area contributed by atoms with Gasteiger partial charge in [-0.15, -0.1) is 0 Å². The lowest BCUT2D eigenvalue weighted by molar-refractivity contribution is -0.142. The van der Waals surface area contributed by atoms with Crippen LogP contribution in [-0.2, 0) is 9.53 Å². The fourth-order valence-electron chi connectivity index (χ4n) is 2.07. The molecular formula is C16H17NO5S. The minimum Gasteiger partial charge on any atom is -0.467 e. The second kappa shape index (κ2) is 7.82. The molecule has 0 saturated carbocycles. The number of nitrogens with one attached hydrogen (secondary N) is 1. The highest BCUT2D eigenvalue weighted by molar-refractivity contribution is 7.98. The predicted octanol–water partition coefficient (Wildman–Crippen LogP) is 1.82. The van der Waals surface area contributed by atoms with Crippen LogP contribution >= 0.6 is 11.8 Å². The summed E-state index contributed by atoms with van der Waals surface area (Å²) >= 11 is 1.55. The highest BCUT2D eigenvalue weighted by atomic mass is 32.2. The minimum absolute atomic E-state index is 0.133. The molecule has 23 heavy (non-hydrogen) atoms. The molecular weight excluding hydrogens is 318 g/mol. The Morgan fingerprint density at radius 1 is 1.35 bits per heavy atom. The van der Waals surface area contributed by atoms with Crippen molar-refractivity contribution in [3.05, 3.63) is 46.3 Å². The average molecular weight is 335 g/mol. The monoisotopic (exact) mass is 335 g/mol. The van der Waals surface area contributed by atoms with Crippen molar-refractivity contribution in [2.24, 2.45) is 0 Å². The number of benzene rings is 1. The molecule has 7 heteroatoms. The highest BCUT2D eigenvalue weighted by Gasteiger charge is 2.23. The van der Waals surface area contributed by atoms with E-state index in [0.29, 0.717) is 23.1 Å². The van der Waals surface area contributed by atoms with E-state index in [4.69, 9.17) is 4.42 Å². The lowest BCUT2D eigenvalue weighted by Gasteiger charge is -2.15. The summed E-state index contributed by atoms with van der Waals surface area (Å²) in [6.07, 6.45) is 2.33. The number of thioether (sulfide) groups is 1. The summed E-state index contributed by atoms with van der Waals surface area (Å²) in [5, 5.41) is 2.95. The van der Waals surface area contributed by atoms with E-state index in [1.54, 1.807) is 36.0 Å². The Kier molecular flexibility index (Phi) is 5.81. The molecule has 0 aliphatic rings. The van der Waals surface area contributed by atoms with Gasteiger partial charge in [0.05, 0.1) is 12.5 Å². The van der Waals surface area contributed by atoms with Crippen molar-refractivity contribution in [2.75, 3.05) is 19.1 Å². The van der Waals surface area contributed by atoms with Gasteiger partial charge in [-0.1, -0.05) is 12.1 Å². The molecule has 1 amide bonds. The SMILES string of the molecule is COC(=O)C(CCSC)NC(=O)c1cc(=O)c2ccccc2o1. The van der Waals surface area contributed by atoms with Gasteiger partial charge >= 0.3 is 5.97 Å². The largest absolute Gasteiger partial charge is 0.467 e. The molecule has 0 aliphatic carbocycles. The number of para-hydroxylation sites is 1. The Labute approximate surface area is 137 Å². The number of amides is 1. The van der Waals surface area contributed by atoms with Gasteiger partial charge in [-0.05, 0) is 30.6 Å².